The molecule has 0 saturated heterocycles. The molecule has 4 N–H and O–H groups in total. The zero-order valence-corrected chi connectivity index (χ0v) is 9.85. The Labute approximate surface area is 101 Å². The number of hydrogen-bond acceptors (Lipinski definition) is 4. The van der Waals surface area contributed by atoms with Gasteiger partial charge in [0.25, 0.3) is 5.91 Å². The number of hydrogen-bond donors (Lipinski definition) is 3. The monoisotopic (exact) mass is 238 g/mol. The Kier molecular flexibility index (Phi) is 5.29. The van der Waals surface area contributed by atoms with Crippen LogP contribution in [0, 0.1) is 5.92 Å². The predicted molar refractivity (Wildman–Crippen MR) is 65.6 cm³/mol. The number of amides is 1. The number of ether oxygens (including phenoxy) is 1. The molecule has 1 rings (SSSR count). The van der Waals surface area contributed by atoms with Crippen LogP contribution in [0.15, 0.2) is 24.3 Å². The first kappa shape index (κ1) is 13.3. The molecule has 5 nitrogen and oxygen atoms in total. The first-order valence-corrected chi connectivity index (χ1v) is 5.48. The number of nitrogen functional groups attached to an aromatic ring is 1. The van der Waals surface area contributed by atoms with E-state index in [1.807, 2.05) is 6.92 Å². The van der Waals surface area contributed by atoms with Crippen LogP contribution in [0.5, 0.6) is 5.75 Å². The number of nitrogens with one attached hydrogen (secondary N) is 1. The van der Waals surface area contributed by atoms with Crippen molar-refractivity contribution in [1.82, 2.24) is 5.32 Å². The van der Waals surface area contributed by atoms with Crippen molar-refractivity contribution in [3.8, 4) is 5.75 Å². The van der Waals surface area contributed by atoms with Crippen LogP contribution in [0.4, 0.5) is 5.69 Å². The van der Waals surface area contributed by atoms with E-state index in [4.69, 9.17) is 15.6 Å². The van der Waals surface area contributed by atoms with Crippen molar-refractivity contribution in [3.63, 3.8) is 0 Å². The maximum atomic E-state index is 11.4. The Morgan fingerprint density at radius 1 is 1.53 bits per heavy atom. The van der Waals surface area contributed by atoms with Gasteiger partial charge < -0.3 is 20.9 Å². The van der Waals surface area contributed by atoms with Crippen molar-refractivity contribution < 1.29 is 14.6 Å². The average molecular weight is 238 g/mol. The summed E-state index contributed by atoms with van der Waals surface area (Å²) in [5, 5.41) is 11.5. The number of carbonyl (C=O) groups excluding carboxylic acids is 1. The molecule has 0 fully saturated rings. The SMILES string of the molecule is CC(CO)CNC(=O)COc1ccccc1N. The van der Waals surface area contributed by atoms with Gasteiger partial charge in [-0.15, -0.1) is 0 Å². The summed E-state index contributed by atoms with van der Waals surface area (Å²) in [7, 11) is 0. The highest BCUT2D eigenvalue weighted by molar-refractivity contribution is 5.77. The van der Waals surface area contributed by atoms with E-state index in [0.717, 1.165) is 0 Å². The van der Waals surface area contributed by atoms with Crippen LogP contribution in [-0.2, 0) is 4.79 Å². The summed E-state index contributed by atoms with van der Waals surface area (Å²) in [5.74, 6) is 0.312. The molecule has 1 amide bonds. The van der Waals surface area contributed by atoms with Crippen LogP contribution in [0.2, 0.25) is 0 Å². The highest BCUT2D eigenvalue weighted by Crippen LogP contribution is 2.19. The van der Waals surface area contributed by atoms with Crippen molar-refractivity contribution in [1.29, 1.82) is 0 Å². The molecule has 0 saturated carbocycles. The highest BCUT2D eigenvalue weighted by atomic mass is 16.5. The molecular weight excluding hydrogens is 220 g/mol. The molecule has 94 valence electrons. The number of para-hydroxylation sites is 2. The van der Waals surface area contributed by atoms with Crippen LogP contribution in [-0.4, -0.2) is 30.8 Å². The third-order valence-electron chi connectivity index (χ3n) is 2.24. The summed E-state index contributed by atoms with van der Waals surface area (Å²) >= 11 is 0. The second-order valence-electron chi connectivity index (χ2n) is 3.92. The molecule has 0 aliphatic rings. The van der Waals surface area contributed by atoms with Gasteiger partial charge in [-0.2, -0.15) is 0 Å². The normalized spacial score (nSPS) is 11.9. The third kappa shape index (κ3) is 4.74. The van der Waals surface area contributed by atoms with Gasteiger partial charge in [0.15, 0.2) is 6.61 Å². The fourth-order valence-electron chi connectivity index (χ4n) is 1.16. The minimum atomic E-state index is -0.228. The molecule has 0 aliphatic heterocycles. The molecule has 1 aromatic carbocycles. The first-order chi connectivity index (χ1) is 8.13. The standard InChI is InChI=1S/C12H18N2O3/c1-9(7-15)6-14-12(16)8-17-11-5-3-2-4-10(11)13/h2-5,9,15H,6-8,13H2,1H3,(H,14,16). The Balaban J connectivity index is 2.31. The van der Waals surface area contributed by atoms with Crippen molar-refractivity contribution in [2.45, 2.75) is 6.92 Å². The van der Waals surface area contributed by atoms with Gasteiger partial charge in [-0.25, -0.2) is 0 Å². The summed E-state index contributed by atoms with van der Waals surface area (Å²) in [6.45, 7) is 2.25. The molecule has 0 radical (unpaired) electrons. The maximum absolute atomic E-state index is 11.4. The molecule has 1 aromatic rings. The van der Waals surface area contributed by atoms with Gasteiger partial charge in [-0.3, -0.25) is 4.79 Å². The fourth-order valence-corrected chi connectivity index (χ4v) is 1.16. The zero-order valence-electron chi connectivity index (χ0n) is 9.85. The molecule has 5 heteroatoms. The minimum Gasteiger partial charge on any atom is -0.482 e. The van der Waals surface area contributed by atoms with Gasteiger partial charge in [-0.1, -0.05) is 19.1 Å². The van der Waals surface area contributed by atoms with E-state index >= 15 is 0 Å². The van der Waals surface area contributed by atoms with Gasteiger partial charge >= 0.3 is 0 Å². The summed E-state index contributed by atoms with van der Waals surface area (Å²) < 4.78 is 5.26. The maximum Gasteiger partial charge on any atom is 0.257 e. The molecule has 0 aromatic heterocycles. The van der Waals surface area contributed by atoms with E-state index in [2.05, 4.69) is 5.32 Å². The second-order valence-corrected chi connectivity index (χ2v) is 3.92. The molecule has 0 heterocycles. The smallest absolute Gasteiger partial charge is 0.257 e. The lowest BCUT2D eigenvalue weighted by atomic mass is 10.2. The fraction of sp³-hybridized carbons (Fsp3) is 0.417. The van der Waals surface area contributed by atoms with Crippen LogP contribution >= 0.6 is 0 Å². The number of carbonyl (C=O) groups is 1. The lowest BCUT2D eigenvalue weighted by Crippen LogP contribution is -2.33. The van der Waals surface area contributed by atoms with E-state index < -0.39 is 0 Å². The van der Waals surface area contributed by atoms with Crippen molar-refractivity contribution >= 4 is 11.6 Å². The van der Waals surface area contributed by atoms with Crippen molar-refractivity contribution in [2.24, 2.45) is 5.92 Å². The summed E-state index contributed by atoms with van der Waals surface area (Å²) in [6.07, 6.45) is 0. The number of anilines is 1. The Bertz CT molecular complexity index is 369. The Hall–Kier alpha value is -1.75. The van der Waals surface area contributed by atoms with E-state index in [0.29, 0.717) is 18.0 Å². The highest BCUT2D eigenvalue weighted by Gasteiger charge is 2.06. The van der Waals surface area contributed by atoms with E-state index in [1.165, 1.54) is 0 Å². The van der Waals surface area contributed by atoms with Gasteiger partial charge in [0.1, 0.15) is 5.75 Å². The molecule has 0 spiro atoms. The Morgan fingerprint density at radius 2 is 2.24 bits per heavy atom. The molecule has 1 atom stereocenters. The van der Waals surface area contributed by atoms with Gasteiger partial charge in [0.05, 0.1) is 5.69 Å². The van der Waals surface area contributed by atoms with Crippen molar-refractivity contribution in [2.75, 3.05) is 25.5 Å². The number of aliphatic hydroxyl groups is 1. The lowest BCUT2D eigenvalue weighted by molar-refractivity contribution is -0.123. The first-order valence-electron chi connectivity index (χ1n) is 5.48. The van der Waals surface area contributed by atoms with Crippen LogP contribution in [0.1, 0.15) is 6.92 Å². The number of aliphatic hydroxyl groups excluding tert-OH is 1. The quantitative estimate of drug-likeness (QED) is 0.626. The topological polar surface area (TPSA) is 84.6 Å². The minimum absolute atomic E-state index is 0.0424. The summed E-state index contributed by atoms with van der Waals surface area (Å²) in [5.41, 5.74) is 6.16. The second kappa shape index (κ2) is 6.75. The van der Waals surface area contributed by atoms with Crippen LogP contribution < -0.4 is 15.8 Å². The largest absolute Gasteiger partial charge is 0.482 e. The Morgan fingerprint density at radius 3 is 2.88 bits per heavy atom. The average Bonchev–Trinajstić information content (AvgIpc) is 2.35. The number of rotatable bonds is 6. The van der Waals surface area contributed by atoms with Crippen molar-refractivity contribution in [3.05, 3.63) is 24.3 Å². The third-order valence-corrected chi connectivity index (χ3v) is 2.24. The molecule has 17 heavy (non-hydrogen) atoms. The number of nitrogens with two attached hydrogens (primary N) is 1. The zero-order chi connectivity index (χ0) is 12.7. The summed E-state index contributed by atoms with van der Waals surface area (Å²) in [6, 6.07) is 7.00. The van der Waals surface area contributed by atoms with Gasteiger partial charge in [-0.05, 0) is 18.1 Å². The molecule has 0 aliphatic carbocycles. The molecular formula is C12H18N2O3. The van der Waals surface area contributed by atoms with Gasteiger partial charge in [0.2, 0.25) is 0 Å². The van der Waals surface area contributed by atoms with Crippen LogP contribution in [0.25, 0.3) is 0 Å². The van der Waals surface area contributed by atoms with E-state index in [-0.39, 0.29) is 25.0 Å². The van der Waals surface area contributed by atoms with Gasteiger partial charge in [0, 0.05) is 13.2 Å². The number of benzene rings is 1. The lowest BCUT2D eigenvalue weighted by Gasteiger charge is -2.11. The predicted octanol–water partition coefficient (Wildman–Crippen LogP) is 0.392. The molecule has 0 bridgehead atoms. The van der Waals surface area contributed by atoms with E-state index in [1.54, 1.807) is 24.3 Å². The molecule has 1 unspecified atom stereocenters. The summed E-state index contributed by atoms with van der Waals surface area (Å²) in [4.78, 5) is 11.4. The van der Waals surface area contributed by atoms with E-state index in [9.17, 15) is 4.79 Å². The van der Waals surface area contributed by atoms with Crippen LogP contribution in [0.3, 0.4) is 0 Å².